The highest BCUT2D eigenvalue weighted by molar-refractivity contribution is 7.99. The molecular formula is C20H19FN2O2S. The van der Waals surface area contributed by atoms with Crippen LogP contribution in [-0.4, -0.2) is 21.1 Å². The molecule has 1 aliphatic rings. The van der Waals surface area contributed by atoms with Crippen LogP contribution in [0.2, 0.25) is 0 Å². The Bertz CT molecular complexity index is 955. The number of rotatable bonds is 6. The third-order valence-corrected chi connectivity index (χ3v) is 5.48. The molecule has 26 heavy (non-hydrogen) atoms. The number of carbonyl (C=O) groups excluding carboxylic acids is 1. The van der Waals surface area contributed by atoms with Crippen molar-refractivity contribution in [2.45, 2.75) is 38.0 Å². The molecule has 134 valence electrons. The Morgan fingerprint density at radius 2 is 2.04 bits per heavy atom. The molecule has 3 aromatic rings. The van der Waals surface area contributed by atoms with Gasteiger partial charge in [0, 0.05) is 28.6 Å². The Morgan fingerprint density at radius 1 is 1.31 bits per heavy atom. The number of benzene rings is 1. The fourth-order valence-electron chi connectivity index (χ4n) is 3.23. The maximum Gasteiger partial charge on any atom is 0.256 e. The van der Waals surface area contributed by atoms with Crippen molar-refractivity contribution >= 4 is 17.5 Å². The van der Waals surface area contributed by atoms with Gasteiger partial charge in [-0.3, -0.25) is 4.79 Å². The Balaban J connectivity index is 1.44. The Labute approximate surface area is 155 Å². The van der Waals surface area contributed by atoms with Crippen LogP contribution in [0, 0.1) is 19.7 Å². The van der Waals surface area contributed by atoms with Gasteiger partial charge in [0.05, 0.1) is 11.9 Å². The summed E-state index contributed by atoms with van der Waals surface area (Å²) in [6, 6.07) is 8.59. The second kappa shape index (κ2) is 6.76. The minimum Gasteiger partial charge on any atom is -0.431 e. The summed E-state index contributed by atoms with van der Waals surface area (Å²) < 4.78 is 21.0. The molecule has 1 saturated carbocycles. The summed E-state index contributed by atoms with van der Waals surface area (Å²) in [4.78, 5) is 16.8. The molecule has 0 unspecified atom stereocenters. The molecule has 1 fully saturated rings. The summed E-state index contributed by atoms with van der Waals surface area (Å²) in [6.45, 7) is 4.07. The number of aromatic nitrogens is 2. The fourth-order valence-corrected chi connectivity index (χ4v) is 3.92. The van der Waals surface area contributed by atoms with E-state index in [2.05, 4.69) is 16.5 Å². The number of nitrogens with zero attached hydrogens (tertiary/aromatic N) is 2. The Kier molecular flexibility index (Phi) is 4.44. The van der Waals surface area contributed by atoms with E-state index in [4.69, 9.17) is 4.42 Å². The van der Waals surface area contributed by atoms with Crippen molar-refractivity contribution in [1.29, 1.82) is 0 Å². The maximum atomic E-state index is 13.0. The molecule has 1 aromatic carbocycles. The summed E-state index contributed by atoms with van der Waals surface area (Å²) in [6.07, 6.45) is 3.99. The van der Waals surface area contributed by atoms with Crippen LogP contribution < -0.4 is 0 Å². The highest BCUT2D eigenvalue weighted by Gasteiger charge is 2.28. The lowest BCUT2D eigenvalue weighted by Crippen LogP contribution is -2.05. The van der Waals surface area contributed by atoms with Gasteiger partial charge in [-0.1, -0.05) is 11.8 Å². The van der Waals surface area contributed by atoms with Gasteiger partial charge < -0.3 is 8.98 Å². The minimum absolute atomic E-state index is 0.0801. The van der Waals surface area contributed by atoms with Gasteiger partial charge in [-0.2, -0.15) is 0 Å². The highest BCUT2D eigenvalue weighted by Crippen LogP contribution is 2.38. The van der Waals surface area contributed by atoms with E-state index in [0.717, 1.165) is 22.5 Å². The van der Waals surface area contributed by atoms with Crippen molar-refractivity contribution in [2.75, 3.05) is 5.75 Å². The monoisotopic (exact) mass is 370 g/mol. The number of hydrogen-bond acceptors (Lipinski definition) is 4. The van der Waals surface area contributed by atoms with Crippen molar-refractivity contribution in [2.24, 2.45) is 0 Å². The molecule has 0 amide bonds. The SMILES string of the molecule is Cc1cc(C(=O)CSc2ncc(-c3ccc(F)cc3)o2)c(C)n1C1CC1. The summed E-state index contributed by atoms with van der Waals surface area (Å²) in [5, 5.41) is 0.439. The molecule has 0 N–H and O–H groups in total. The molecule has 0 bridgehead atoms. The van der Waals surface area contributed by atoms with Crippen molar-refractivity contribution in [3.63, 3.8) is 0 Å². The molecule has 0 saturated heterocycles. The summed E-state index contributed by atoms with van der Waals surface area (Å²) >= 11 is 1.28. The summed E-state index contributed by atoms with van der Waals surface area (Å²) in [5.74, 6) is 0.624. The van der Waals surface area contributed by atoms with Gasteiger partial charge in [0.2, 0.25) is 0 Å². The van der Waals surface area contributed by atoms with Crippen molar-refractivity contribution in [1.82, 2.24) is 9.55 Å². The summed E-state index contributed by atoms with van der Waals surface area (Å²) in [7, 11) is 0. The van der Waals surface area contributed by atoms with E-state index >= 15 is 0 Å². The van der Waals surface area contributed by atoms with Crippen LogP contribution in [0.1, 0.15) is 40.6 Å². The predicted molar refractivity (Wildman–Crippen MR) is 99.1 cm³/mol. The molecule has 0 atom stereocenters. The van der Waals surface area contributed by atoms with E-state index in [-0.39, 0.29) is 17.4 Å². The van der Waals surface area contributed by atoms with Gasteiger partial charge in [-0.05, 0) is 57.0 Å². The minimum atomic E-state index is -0.294. The molecule has 0 spiro atoms. The number of thioether (sulfide) groups is 1. The topological polar surface area (TPSA) is 48.0 Å². The van der Waals surface area contributed by atoms with Crippen LogP contribution >= 0.6 is 11.8 Å². The number of halogens is 1. The first-order chi connectivity index (χ1) is 12.5. The lowest BCUT2D eigenvalue weighted by Gasteiger charge is -2.07. The first-order valence-electron chi connectivity index (χ1n) is 8.59. The van der Waals surface area contributed by atoms with E-state index in [1.807, 2.05) is 13.0 Å². The zero-order chi connectivity index (χ0) is 18.3. The van der Waals surface area contributed by atoms with Crippen LogP contribution in [0.4, 0.5) is 4.39 Å². The lowest BCUT2D eigenvalue weighted by molar-refractivity contribution is 0.102. The first-order valence-corrected chi connectivity index (χ1v) is 9.57. The zero-order valence-corrected chi connectivity index (χ0v) is 15.5. The second-order valence-electron chi connectivity index (χ2n) is 6.60. The first kappa shape index (κ1) is 17.1. The second-order valence-corrected chi connectivity index (χ2v) is 7.52. The molecule has 2 aromatic heterocycles. The molecule has 4 rings (SSSR count). The number of hydrogen-bond donors (Lipinski definition) is 0. The third kappa shape index (κ3) is 3.33. The molecular weight excluding hydrogens is 351 g/mol. The Morgan fingerprint density at radius 3 is 2.73 bits per heavy atom. The van der Waals surface area contributed by atoms with Crippen LogP contribution in [-0.2, 0) is 0 Å². The van der Waals surface area contributed by atoms with Gasteiger partial charge in [0.1, 0.15) is 5.82 Å². The standard InChI is InChI=1S/C20H19FN2O2S/c1-12-9-17(13(2)23(12)16-7-8-16)18(24)11-26-20-22-10-19(25-20)14-3-5-15(21)6-4-14/h3-6,9-10,16H,7-8,11H2,1-2H3. The van der Waals surface area contributed by atoms with Crippen molar-refractivity contribution in [3.8, 4) is 11.3 Å². The smallest absolute Gasteiger partial charge is 0.256 e. The molecule has 4 nitrogen and oxygen atoms in total. The third-order valence-electron chi connectivity index (χ3n) is 4.64. The van der Waals surface area contributed by atoms with Crippen molar-refractivity contribution < 1.29 is 13.6 Å². The molecule has 6 heteroatoms. The highest BCUT2D eigenvalue weighted by atomic mass is 32.2. The predicted octanol–water partition coefficient (Wildman–Crippen LogP) is 5.21. The average molecular weight is 370 g/mol. The van der Waals surface area contributed by atoms with Crippen LogP contribution in [0.5, 0.6) is 0 Å². The van der Waals surface area contributed by atoms with Crippen LogP contribution in [0.25, 0.3) is 11.3 Å². The molecule has 0 radical (unpaired) electrons. The average Bonchev–Trinajstić information content (AvgIpc) is 3.26. The fraction of sp³-hybridized carbons (Fsp3) is 0.300. The van der Waals surface area contributed by atoms with Gasteiger partial charge >= 0.3 is 0 Å². The van der Waals surface area contributed by atoms with Gasteiger partial charge in [0.25, 0.3) is 5.22 Å². The zero-order valence-electron chi connectivity index (χ0n) is 14.7. The number of oxazole rings is 1. The van der Waals surface area contributed by atoms with Crippen molar-refractivity contribution in [3.05, 3.63) is 59.3 Å². The number of ketones is 1. The van der Waals surface area contributed by atoms with Gasteiger partial charge in [-0.25, -0.2) is 9.37 Å². The van der Waals surface area contributed by atoms with Gasteiger partial charge in [0.15, 0.2) is 11.5 Å². The summed E-state index contributed by atoms with van der Waals surface area (Å²) in [5.41, 5.74) is 3.74. The van der Waals surface area contributed by atoms with E-state index in [0.29, 0.717) is 17.0 Å². The Hall–Kier alpha value is -2.34. The van der Waals surface area contributed by atoms with E-state index in [9.17, 15) is 9.18 Å². The largest absolute Gasteiger partial charge is 0.431 e. The van der Waals surface area contributed by atoms with Crippen LogP contribution in [0.15, 0.2) is 46.2 Å². The van der Waals surface area contributed by atoms with Gasteiger partial charge in [-0.15, -0.1) is 0 Å². The maximum absolute atomic E-state index is 13.0. The molecule has 0 aliphatic heterocycles. The normalized spacial score (nSPS) is 14.0. The van der Waals surface area contributed by atoms with E-state index in [1.54, 1.807) is 18.3 Å². The number of Topliss-reactive ketones (excluding diaryl/α,β-unsaturated/α-hetero) is 1. The molecule has 2 heterocycles. The number of carbonyl (C=O) groups is 1. The van der Waals surface area contributed by atoms with E-state index in [1.165, 1.54) is 36.7 Å². The van der Waals surface area contributed by atoms with E-state index < -0.39 is 0 Å². The van der Waals surface area contributed by atoms with Crippen LogP contribution in [0.3, 0.4) is 0 Å². The quantitative estimate of drug-likeness (QED) is 0.441. The molecule has 1 aliphatic carbocycles. The lowest BCUT2D eigenvalue weighted by atomic mass is 10.2. The number of aryl methyl sites for hydroxylation is 1.